The van der Waals surface area contributed by atoms with E-state index in [0.29, 0.717) is 0 Å². The molecule has 0 spiro atoms. The summed E-state index contributed by atoms with van der Waals surface area (Å²) in [5.74, 6) is 0. The Morgan fingerprint density at radius 1 is 1.36 bits per heavy atom. The number of ether oxygens (including phenoxy) is 1. The van der Waals surface area contributed by atoms with Crippen LogP contribution in [-0.2, 0) is 4.74 Å². The third-order valence-corrected chi connectivity index (χ3v) is 1.88. The first-order valence-electron chi connectivity index (χ1n) is 3.29. The lowest BCUT2D eigenvalue weighted by Crippen LogP contribution is -2.22. The number of allylic oxidation sites excluding steroid dienone is 1. The molecular weight excluding hydrogens is 157 g/mol. The predicted octanol–water partition coefficient (Wildman–Crippen LogP) is 2.49. The van der Waals surface area contributed by atoms with Crippen LogP contribution in [0.25, 0.3) is 0 Å². The molecule has 64 valence electrons. The highest BCUT2D eigenvalue weighted by molar-refractivity contribution is 5.11. The van der Waals surface area contributed by atoms with Gasteiger partial charge in [0.25, 0.3) is 0 Å². The highest BCUT2D eigenvalue weighted by Crippen LogP contribution is 2.58. The van der Waals surface area contributed by atoms with E-state index in [1.807, 2.05) is 0 Å². The van der Waals surface area contributed by atoms with E-state index < -0.39 is 11.6 Å². The van der Waals surface area contributed by atoms with Crippen LogP contribution < -0.4 is 0 Å². The molecule has 1 aliphatic carbocycles. The number of halogens is 3. The Labute approximate surface area is 62.8 Å². The molecule has 0 N–H and O–H groups in total. The van der Waals surface area contributed by atoms with E-state index in [1.165, 1.54) is 7.11 Å². The second kappa shape index (κ2) is 2.43. The fourth-order valence-corrected chi connectivity index (χ4v) is 0.878. The Bertz CT molecular complexity index is 167. The van der Waals surface area contributed by atoms with Gasteiger partial charge in [-0.25, -0.2) is 0 Å². The highest BCUT2D eigenvalue weighted by Gasteiger charge is 2.61. The van der Waals surface area contributed by atoms with Crippen LogP contribution in [0, 0.1) is 5.41 Å². The molecule has 1 rings (SSSR count). The first kappa shape index (κ1) is 8.43. The summed E-state index contributed by atoms with van der Waals surface area (Å²) in [5.41, 5.74) is -1.57. The molecule has 4 heteroatoms. The van der Waals surface area contributed by atoms with Crippen molar-refractivity contribution in [1.82, 2.24) is 0 Å². The summed E-state index contributed by atoms with van der Waals surface area (Å²) < 4.78 is 40.8. The van der Waals surface area contributed by atoms with Gasteiger partial charge in [0, 0.05) is 0 Å². The maximum absolute atomic E-state index is 12.1. The van der Waals surface area contributed by atoms with Crippen molar-refractivity contribution < 1.29 is 17.9 Å². The van der Waals surface area contributed by atoms with Crippen LogP contribution in [-0.4, -0.2) is 13.3 Å². The zero-order valence-electron chi connectivity index (χ0n) is 6.11. The molecule has 0 aromatic carbocycles. The zero-order chi connectivity index (χ0) is 8.54. The molecule has 0 saturated heterocycles. The van der Waals surface area contributed by atoms with Crippen LogP contribution in [0.4, 0.5) is 13.2 Å². The Morgan fingerprint density at radius 3 is 2.18 bits per heavy atom. The minimum absolute atomic E-state index is 0.191. The normalized spacial score (nSPS) is 22.2. The van der Waals surface area contributed by atoms with E-state index in [0.717, 1.165) is 12.3 Å². The van der Waals surface area contributed by atoms with Gasteiger partial charge in [0.05, 0.1) is 18.8 Å². The first-order valence-corrected chi connectivity index (χ1v) is 3.29. The van der Waals surface area contributed by atoms with E-state index in [4.69, 9.17) is 0 Å². The highest BCUT2D eigenvalue weighted by atomic mass is 19.4. The Balaban J connectivity index is 2.61. The van der Waals surface area contributed by atoms with Crippen molar-refractivity contribution in [1.29, 1.82) is 0 Å². The second-order valence-electron chi connectivity index (χ2n) is 2.69. The summed E-state index contributed by atoms with van der Waals surface area (Å²) >= 11 is 0. The van der Waals surface area contributed by atoms with E-state index in [1.54, 1.807) is 0 Å². The summed E-state index contributed by atoms with van der Waals surface area (Å²) in [5, 5.41) is 0. The fraction of sp³-hybridized carbons (Fsp3) is 0.714. The lowest BCUT2D eigenvalue weighted by atomic mass is 10.1. The third kappa shape index (κ3) is 1.49. The van der Waals surface area contributed by atoms with Crippen molar-refractivity contribution in [2.75, 3.05) is 7.11 Å². The molecule has 0 atom stereocenters. The molecule has 0 unspecified atom stereocenters. The minimum atomic E-state index is -4.11. The second-order valence-corrected chi connectivity index (χ2v) is 2.69. The summed E-state index contributed by atoms with van der Waals surface area (Å²) in [6, 6.07) is 0. The Kier molecular flexibility index (Phi) is 1.86. The molecule has 0 bridgehead atoms. The zero-order valence-corrected chi connectivity index (χ0v) is 6.11. The van der Waals surface area contributed by atoms with Gasteiger partial charge in [0.1, 0.15) is 0 Å². The van der Waals surface area contributed by atoms with Crippen LogP contribution in [0.5, 0.6) is 0 Å². The molecule has 0 amide bonds. The third-order valence-electron chi connectivity index (χ3n) is 1.88. The van der Waals surface area contributed by atoms with Gasteiger partial charge in [-0.05, 0) is 18.9 Å². The SMILES string of the molecule is CO/C=C/C1(C(F)(F)F)CC1. The monoisotopic (exact) mass is 166 g/mol. The van der Waals surface area contributed by atoms with Gasteiger partial charge in [-0.3, -0.25) is 0 Å². The Hall–Kier alpha value is -0.670. The smallest absolute Gasteiger partial charge is 0.397 e. The van der Waals surface area contributed by atoms with Gasteiger partial charge in [0.15, 0.2) is 0 Å². The maximum atomic E-state index is 12.1. The van der Waals surface area contributed by atoms with Crippen LogP contribution in [0.15, 0.2) is 12.3 Å². The van der Waals surface area contributed by atoms with E-state index in [9.17, 15) is 13.2 Å². The topological polar surface area (TPSA) is 9.23 Å². The molecule has 0 aliphatic heterocycles. The van der Waals surface area contributed by atoms with Gasteiger partial charge in [-0.15, -0.1) is 0 Å². The van der Waals surface area contributed by atoms with Crippen molar-refractivity contribution in [2.45, 2.75) is 19.0 Å². The van der Waals surface area contributed by atoms with Crippen LogP contribution >= 0.6 is 0 Å². The quantitative estimate of drug-likeness (QED) is 0.572. The summed E-state index contributed by atoms with van der Waals surface area (Å²) in [6.07, 6.45) is -1.54. The fourth-order valence-electron chi connectivity index (χ4n) is 0.878. The lowest BCUT2D eigenvalue weighted by molar-refractivity contribution is -0.172. The lowest BCUT2D eigenvalue weighted by Gasteiger charge is -2.13. The standard InChI is InChI=1S/C7H9F3O/c1-11-5-4-6(2-3-6)7(8,9)10/h4-5H,2-3H2,1H3/b5-4+. The van der Waals surface area contributed by atoms with Gasteiger partial charge < -0.3 is 4.74 Å². The Morgan fingerprint density at radius 2 is 1.91 bits per heavy atom. The van der Waals surface area contributed by atoms with E-state index in [-0.39, 0.29) is 12.8 Å². The first-order chi connectivity index (χ1) is 5.02. The molecule has 0 aromatic heterocycles. The molecule has 1 nitrogen and oxygen atoms in total. The van der Waals surface area contributed by atoms with Gasteiger partial charge in [-0.1, -0.05) is 0 Å². The van der Waals surface area contributed by atoms with Gasteiger partial charge in [-0.2, -0.15) is 13.2 Å². The largest absolute Gasteiger partial charge is 0.505 e. The van der Waals surface area contributed by atoms with Crippen LogP contribution in [0.1, 0.15) is 12.8 Å². The maximum Gasteiger partial charge on any atom is 0.397 e. The predicted molar refractivity (Wildman–Crippen MR) is 33.9 cm³/mol. The van der Waals surface area contributed by atoms with Crippen molar-refractivity contribution >= 4 is 0 Å². The number of alkyl halides is 3. The van der Waals surface area contributed by atoms with Gasteiger partial charge >= 0.3 is 6.18 Å². The van der Waals surface area contributed by atoms with Crippen LogP contribution in [0.2, 0.25) is 0 Å². The van der Waals surface area contributed by atoms with E-state index in [2.05, 4.69) is 4.74 Å². The number of hydrogen-bond donors (Lipinski definition) is 0. The average molecular weight is 166 g/mol. The number of methoxy groups -OCH3 is 1. The molecule has 11 heavy (non-hydrogen) atoms. The molecule has 1 fully saturated rings. The van der Waals surface area contributed by atoms with Crippen molar-refractivity contribution in [3.05, 3.63) is 12.3 Å². The molecule has 0 radical (unpaired) electrons. The van der Waals surface area contributed by atoms with E-state index >= 15 is 0 Å². The number of rotatable bonds is 2. The summed E-state index contributed by atoms with van der Waals surface area (Å²) in [7, 11) is 1.34. The minimum Gasteiger partial charge on any atom is -0.505 e. The van der Waals surface area contributed by atoms with Crippen molar-refractivity contribution in [2.24, 2.45) is 5.41 Å². The summed E-state index contributed by atoms with van der Waals surface area (Å²) in [4.78, 5) is 0. The average Bonchev–Trinajstić information content (AvgIpc) is 2.61. The molecule has 0 heterocycles. The van der Waals surface area contributed by atoms with Crippen LogP contribution in [0.3, 0.4) is 0 Å². The number of hydrogen-bond acceptors (Lipinski definition) is 1. The van der Waals surface area contributed by atoms with Crippen molar-refractivity contribution in [3.63, 3.8) is 0 Å². The summed E-state index contributed by atoms with van der Waals surface area (Å²) in [6.45, 7) is 0. The molecule has 1 saturated carbocycles. The van der Waals surface area contributed by atoms with Gasteiger partial charge in [0.2, 0.25) is 0 Å². The molecular formula is C7H9F3O. The van der Waals surface area contributed by atoms with Crippen molar-refractivity contribution in [3.8, 4) is 0 Å². The molecule has 0 aromatic rings. The molecule has 1 aliphatic rings.